The molecule has 0 N–H and O–H groups in total. The van der Waals surface area contributed by atoms with Gasteiger partial charge in [0.1, 0.15) is 12.5 Å². The van der Waals surface area contributed by atoms with Gasteiger partial charge in [-0.25, -0.2) is 0 Å². The first-order valence-electron chi connectivity index (χ1n) is 4.64. The zero-order valence-electron chi connectivity index (χ0n) is 8.79. The maximum atomic E-state index is 5.37. The fourth-order valence-electron chi connectivity index (χ4n) is 0.726. The summed E-state index contributed by atoms with van der Waals surface area (Å²) >= 11 is 0. The molecular formula is C10H20O3. The van der Waals surface area contributed by atoms with E-state index in [-0.39, 0.29) is 0 Å². The number of hydrogen-bond donors (Lipinski definition) is 0. The highest BCUT2D eigenvalue weighted by Gasteiger charge is 1.92. The van der Waals surface area contributed by atoms with Crippen LogP contribution in [0.5, 0.6) is 0 Å². The Morgan fingerprint density at radius 2 is 1.92 bits per heavy atom. The van der Waals surface area contributed by atoms with E-state index in [1.165, 1.54) is 6.26 Å². The quantitative estimate of drug-likeness (QED) is 0.431. The first-order chi connectivity index (χ1) is 6.27. The average Bonchev–Trinajstić information content (AvgIpc) is 2.09. The first-order valence-corrected chi connectivity index (χ1v) is 4.64. The van der Waals surface area contributed by atoms with Crippen LogP contribution >= 0.6 is 0 Å². The molecule has 0 amide bonds. The van der Waals surface area contributed by atoms with Gasteiger partial charge < -0.3 is 14.2 Å². The highest BCUT2D eigenvalue weighted by molar-refractivity contribution is 4.59. The molecule has 0 unspecified atom stereocenters. The van der Waals surface area contributed by atoms with E-state index in [4.69, 9.17) is 9.47 Å². The number of hydrogen-bond acceptors (Lipinski definition) is 3. The molecule has 3 heteroatoms. The lowest BCUT2D eigenvalue weighted by Gasteiger charge is -2.05. The van der Waals surface area contributed by atoms with Crippen molar-refractivity contribution in [3.63, 3.8) is 0 Å². The predicted molar refractivity (Wildman–Crippen MR) is 52.4 cm³/mol. The van der Waals surface area contributed by atoms with Crippen molar-refractivity contribution in [2.24, 2.45) is 5.92 Å². The van der Waals surface area contributed by atoms with Gasteiger partial charge in [0.15, 0.2) is 0 Å². The molecule has 0 aromatic heterocycles. The zero-order chi connectivity index (χ0) is 9.94. The predicted octanol–water partition coefficient (Wildman–Crippen LogP) is 2.18. The zero-order valence-corrected chi connectivity index (χ0v) is 8.79. The molecule has 0 heterocycles. The van der Waals surface area contributed by atoms with Crippen molar-refractivity contribution in [1.29, 1.82) is 0 Å². The molecule has 0 atom stereocenters. The molecule has 3 nitrogen and oxygen atoms in total. The second-order valence-electron chi connectivity index (χ2n) is 3.20. The van der Waals surface area contributed by atoms with Crippen molar-refractivity contribution in [2.45, 2.75) is 20.3 Å². The summed E-state index contributed by atoms with van der Waals surface area (Å²) in [5.41, 5.74) is 0. The van der Waals surface area contributed by atoms with Gasteiger partial charge in [0, 0.05) is 19.6 Å². The van der Waals surface area contributed by atoms with Gasteiger partial charge in [-0.1, -0.05) is 13.8 Å². The molecule has 0 saturated carbocycles. The Hall–Kier alpha value is -0.700. The second-order valence-corrected chi connectivity index (χ2v) is 3.20. The molecule has 0 saturated heterocycles. The van der Waals surface area contributed by atoms with Crippen LogP contribution in [0.25, 0.3) is 0 Å². The molecule has 0 rings (SSSR count). The lowest BCUT2D eigenvalue weighted by atomic mass is 10.2. The van der Waals surface area contributed by atoms with Gasteiger partial charge in [0.2, 0.25) is 0 Å². The van der Waals surface area contributed by atoms with Crippen LogP contribution in [0.15, 0.2) is 12.5 Å². The van der Waals surface area contributed by atoms with Crippen molar-refractivity contribution in [2.75, 3.05) is 26.9 Å². The van der Waals surface area contributed by atoms with Crippen LogP contribution in [0.2, 0.25) is 0 Å². The van der Waals surface area contributed by atoms with Crippen LogP contribution in [0.1, 0.15) is 20.3 Å². The second kappa shape index (κ2) is 9.39. The van der Waals surface area contributed by atoms with E-state index in [0.29, 0.717) is 12.5 Å². The summed E-state index contributed by atoms with van der Waals surface area (Å²) in [5.74, 6) is 0.606. The molecule has 0 aromatic rings. The SMILES string of the molecule is CO/C=C\OCCCOCC(C)C. The van der Waals surface area contributed by atoms with Gasteiger partial charge in [-0.05, 0) is 5.92 Å². The summed E-state index contributed by atoms with van der Waals surface area (Å²) in [6.07, 6.45) is 3.97. The minimum absolute atomic E-state index is 0.606. The largest absolute Gasteiger partial charge is 0.501 e. The lowest BCUT2D eigenvalue weighted by Crippen LogP contribution is -2.04. The van der Waals surface area contributed by atoms with Crippen LogP contribution in [0, 0.1) is 5.92 Å². The Balaban J connectivity index is 2.95. The number of rotatable bonds is 8. The van der Waals surface area contributed by atoms with Crippen molar-refractivity contribution in [1.82, 2.24) is 0 Å². The van der Waals surface area contributed by atoms with E-state index in [9.17, 15) is 0 Å². The monoisotopic (exact) mass is 188 g/mol. The van der Waals surface area contributed by atoms with Crippen LogP contribution < -0.4 is 0 Å². The molecular weight excluding hydrogens is 168 g/mol. The van der Waals surface area contributed by atoms with Gasteiger partial charge in [-0.2, -0.15) is 0 Å². The highest BCUT2D eigenvalue weighted by Crippen LogP contribution is 1.93. The third kappa shape index (κ3) is 11.3. The van der Waals surface area contributed by atoms with E-state index >= 15 is 0 Å². The Bertz CT molecular complexity index is 121. The standard InChI is InChI=1S/C10H20O3/c1-10(2)9-13-6-4-5-12-8-7-11-3/h7-8,10H,4-6,9H2,1-3H3/b8-7-. The molecule has 0 radical (unpaired) electrons. The molecule has 78 valence electrons. The minimum atomic E-state index is 0.606. The Morgan fingerprint density at radius 1 is 1.15 bits per heavy atom. The van der Waals surface area contributed by atoms with Gasteiger partial charge in [0.25, 0.3) is 0 Å². The summed E-state index contributed by atoms with van der Waals surface area (Å²) in [6, 6.07) is 0. The van der Waals surface area contributed by atoms with E-state index in [0.717, 1.165) is 19.6 Å². The Kier molecular flexibility index (Phi) is 8.88. The molecule has 13 heavy (non-hydrogen) atoms. The Morgan fingerprint density at radius 3 is 2.54 bits per heavy atom. The molecule has 0 spiro atoms. The van der Waals surface area contributed by atoms with Crippen LogP contribution in [-0.4, -0.2) is 26.9 Å². The highest BCUT2D eigenvalue weighted by atomic mass is 16.5. The fourth-order valence-corrected chi connectivity index (χ4v) is 0.726. The summed E-state index contributed by atoms with van der Waals surface area (Å²) < 4.78 is 15.1. The van der Waals surface area contributed by atoms with Gasteiger partial charge in [-0.15, -0.1) is 0 Å². The van der Waals surface area contributed by atoms with E-state index in [1.54, 1.807) is 13.4 Å². The van der Waals surface area contributed by atoms with Gasteiger partial charge in [-0.3, -0.25) is 0 Å². The lowest BCUT2D eigenvalue weighted by molar-refractivity contribution is 0.0918. The topological polar surface area (TPSA) is 27.7 Å². The third-order valence-electron chi connectivity index (χ3n) is 1.29. The van der Waals surface area contributed by atoms with Crippen molar-refractivity contribution < 1.29 is 14.2 Å². The van der Waals surface area contributed by atoms with Crippen LogP contribution in [-0.2, 0) is 14.2 Å². The first kappa shape index (κ1) is 12.3. The van der Waals surface area contributed by atoms with Crippen molar-refractivity contribution in [3.8, 4) is 0 Å². The smallest absolute Gasteiger partial charge is 0.117 e. The molecule has 0 bridgehead atoms. The normalized spacial score (nSPS) is 11.1. The maximum absolute atomic E-state index is 5.37. The van der Waals surface area contributed by atoms with Crippen molar-refractivity contribution in [3.05, 3.63) is 12.5 Å². The fraction of sp³-hybridized carbons (Fsp3) is 0.800. The van der Waals surface area contributed by atoms with Crippen LogP contribution in [0.4, 0.5) is 0 Å². The number of methoxy groups -OCH3 is 1. The van der Waals surface area contributed by atoms with Gasteiger partial charge >= 0.3 is 0 Å². The van der Waals surface area contributed by atoms with Gasteiger partial charge in [0.05, 0.1) is 13.7 Å². The summed E-state index contributed by atoms with van der Waals surface area (Å²) in [5, 5.41) is 0. The average molecular weight is 188 g/mol. The summed E-state index contributed by atoms with van der Waals surface area (Å²) in [7, 11) is 1.59. The molecule has 0 fully saturated rings. The molecule has 0 aliphatic heterocycles. The van der Waals surface area contributed by atoms with Crippen LogP contribution in [0.3, 0.4) is 0 Å². The van der Waals surface area contributed by atoms with E-state index in [2.05, 4.69) is 18.6 Å². The molecule has 0 aliphatic carbocycles. The molecule has 0 aliphatic rings. The van der Waals surface area contributed by atoms with E-state index in [1.807, 2.05) is 0 Å². The minimum Gasteiger partial charge on any atom is -0.501 e. The summed E-state index contributed by atoms with van der Waals surface area (Å²) in [4.78, 5) is 0. The number of ether oxygens (including phenoxy) is 3. The third-order valence-corrected chi connectivity index (χ3v) is 1.29. The van der Waals surface area contributed by atoms with E-state index < -0.39 is 0 Å². The maximum Gasteiger partial charge on any atom is 0.117 e. The molecule has 0 aromatic carbocycles. The van der Waals surface area contributed by atoms with Crippen molar-refractivity contribution >= 4 is 0 Å². The Labute approximate surface area is 80.7 Å². The summed E-state index contributed by atoms with van der Waals surface area (Å²) in [6.45, 7) is 6.54.